The largest absolute Gasteiger partial charge is 0.374 e. The van der Waals surface area contributed by atoms with Crippen LogP contribution in [0.1, 0.15) is 13.8 Å². The summed E-state index contributed by atoms with van der Waals surface area (Å²) in [5.41, 5.74) is 5.52. The molecule has 1 rings (SSSR count). The summed E-state index contributed by atoms with van der Waals surface area (Å²) in [6, 6.07) is 0.621. The first-order valence-corrected chi connectivity index (χ1v) is 5.87. The van der Waals surface area contributed by atoms with E-state index in [2.05, 4.69) is 30.7 Å². The van der Waals surface area contributed by atoms with Gasteiger partial charge in [-0.05, 0) is 20.9 Å². The van der Waals surface area contributed by atoms with E-state index in [0.29, 0.717) is 12.1 Å². The summed E-state index contributed by atoms with van der Waals surface area (Å²) >= 11 is 0. The standard InChI is InChI=1S/C11H25N3O/c1-10(2)14-6-7-15-11(9-14)8-13(3)5-4-12/h10-11H,4-9,12H2,1-3H3. The second-order valence-corrected chi connectivity index (χ2v) is 4.63. The zero-order valence-electron chi connectivity index (χ0n) is 10.3. The van der Waals surface area contributed by atoms with Gasteiger partial charge < -0.3 is 15.4 Å². The van der Waals surface area contributed by atoms with Gasteiger partial charge in [-0.2, -0.15) is 0 Å². The van der Waals surface area contributed by atoms with Gasteiger partial charge in [-0.1, -0.05) is 0 Å². The number of morpholine rings is 1. The first-order chi connectivity index (χ1) is 7.13. The van der Waals surface area contributed by atoms with Crippen molar-refractivity contribution in [3.05, 3.63) is 0 Å². The summed E-state index contributed by atoms with van der Waals surface area (Å²) in [5, 5.41) is 0. The van der Waals surface area contributed by atoms with Gasteiger partial charge in [-0.25, -0.2) is 0 Å². The topological polar surface area (TPSA) is 41.7 Å². The van der Waals surface area contributed by atoms with Crippen molar-refractivity contribution >= 4 is 0 Å². The van der Waals surface area contributed by atoms with Crippen molar-refractivity contribution in [1.29, 1.82) is 0 Å². The monoisotopic (exact) mass is 215 g/mol. The van der Waals surface area contributed by atoms with Crippen LogP contribution in [0.4, 0.5) is 0 Å². The molecule has 1 saturated heterocycles. The molecule has 0 aromatic carbocycles. The molecule has 2 N–H and O–H groups in total. The third kappa shape index (κ3) is 4.47. The van der Waals surface area contributed by atoms with E-state index in [1.807, 2.05) is 0 Å². The summed E-state index contributed by atoms with van der Waals surface area (Å²) in [5.74, 6) is 0. The maximum atomic E-state index is 5.75. The highest BCUT2D eigenvalue weighted by atomic mass is 16.5. The average Bonchev–Trinajstić information content (AvgIpc) is 2.18. The van der Waals surface area contributed by atoms with E-state index in [0.717, 1.165) is 39.3 Å². The highest BCUT2D eigenvalue weighted by Gasteiger charge is 2.22. The Morgan fingerprint density at radius 1 is 1.53 bits per heavy atom. The fourth-order valence-corrected chi connectivity index (χ4v) is 1.98. The van der Waals surface area contributed by atoms with Crippen molar-refractivity contribution in [2.24, 2.45) is 5.73 Å². The van der Waals surface area contributed by atoms with Gasteiger partial charge in [0.2, 0.25) is 0 Å². The molecule has 90 valence electrons. The first kappa shape index (κ1) is 12.9. The molecular formula is C11H25N3O. The molecule has 0 aromatic rings. The second kappa shape index (κ2) is 6.43. The lowest BCUT2D eigenvalue weighted by Gasteiger charge is -2.36. The molecule has 1 aliphatic heterocycles. The van der Waals surface area contributed by atoms with Crippen molar-refractivity contribution in [1.82, 2.24) is 9.80 Å². The van der Waals surface area contributed by atoms with Crippen LogP contribution in [0.5, 0.6) is 0 Å². The van der Waals surface area contributed by atoms with E-state index < -0.39 is 0 Å². The smallest absolute Gasteiger partial charge is 0.0829 e. The molecule has 0 aliphatic carbocycles. The predicted molar refractivity (Wildman–Crippen MR) is 63.0 cm³/mol. The van der Waals surface area contributed by atoms with E-state index in [-0.39, 0.29) is 0 Å². The summed E-state index contributed by atoms with van der Waals surface area (Å²) in [6.07, 6.45) is 0.345. The van der Waals surface area contributed by atoms with Crippen molar-refractivity contribution in [2.45, 2.75) is 26.0 Å². The van der Waals surface area contributed by atoms with Gasteiger partial charge in [-0.3, -0.25) is 4.90 Å². The quantitative estimate of drug-likeness (QED) is 0.700. The van der Waals surface area contributed by atoms with Gasteiger partial charge in [0.1, 0.15) is 0 Å². The summed E-state index contributed by atoms with van der Waals surface area (Å²) in [6.45, 7) is 10.1. The van der Waals surface area contributed by atoms with Crippen LogP contribution >= 0.6 is 0 Å². The van der Waals surface area contributed by atoms with Gasteiger partial charge in [0.05, 0.1) is 12.7 Å². The predicted octanol–water partition coefficient (Wildman–Crippen LogP) is -0.0139. The Hall–Kier alpha value is -0.160. The summed E-state index contributed by atoms with van der Waals surface area (Å²) in [4.78, 5) is 4.72. The molecule has 15 heavy (non-hydrogen) atoms. The van der Waals surface area contributed by atoms with E-state index in [1.54, 1.807) is 0 Å². The molecule has 1 atom stereocenters. The molecule has 1 aliphatic rings. The lowest BCUT2D eigenvalue weighted by molar-refractivity contribution is -0.0492. The van der Waals surface area contributed by atoms with Gasteiger partial charge >= 0.3 is 0 Å². The van der Waals surface area contributed by atoms with Crippen LogP contribution in [0.3, 0.4) is 0 Å². The molecule has 1 fully saturated rings. The maximum Gasteiger partial charge on any atom is 0.0829 e. The van der Waals surface area contributed by atoms with E-state index in [9.17, 15) is 0 Å². The van der Waals surface area contributed by atoms with Crippen molar-refractivity contribution in [3.8, 4) is 0 Å². The molecule has 4 nitrogen and oxygen atoms in total. The van der Waals surface area contributed by atoms with Crippen LogP contribution in [0, 0.1) is 0 Å². The van der Waals surface area contributed by atoms with Crippen molar-refractivity contribution < 1.29 is 4.74 Å². The maximum absolute atomic E-state index is 5.75. The molecule has 4 heteroatoms. The Morgan fingerprint density at radius 2 is 2.27 bits per heavy atom. The fourth-order valence-electron chi connectivity index (χ4n) is 1.98. The van der Waals surface area contributed by atoms with Crippen molar-refractivity contribution in [3.63, 3.8) is 0 Å². The molecule has 0 spiro atoms. The van der Waals surface area contributed by atoms with Crippen LogP contribution in [0.25, 0.3) is 0 Å². The SMILES string of the molecule is CC(C)N1CCOC(CN(C)CCN)C1. The molecule has 0 bridgehead atoms. The van der Waals surface area contributed by atoms with Crippen LogP contribution in [-0.2, 0) is 4.74 Å². The van der Waals surface area contributed by atoms with Crippen molar-refractivity contribution in [2.75, 3.05) is 46.4 Å². The average molecular weight is 215 g/mol. The second-order valence-electron chi connectivity index (χ2n) is 4.63. The third-order valence-corrected chi connectivity index (χ3v) is 2.93. The summed E-state index contributed by atoms with van der Waals surface area (Å²) in [7, 11) is 2.10. The van der Waals surface area contributed by atoms with Crippen LogP contribution in [0.2, 0.25) is 0 Å². The van der Waals surface area contributed by atoms with Crippen LogP contribution in [0.15, 0.2) is 0 Å². The normalized spacial score (nSPS) is 24.0. The number of hydrogen-bond donors (Lipinski definition) is 1. The van der Waals surface area contributed by atoms with Gasteiger partial charge in [0.15, 0.2) is 0 Å². The highest BCUT2D eigenvalue weighted by Crippen LogP contribution is 2.09. The number of nitrogens with zero attached hydrogens (tertiary/aromatic N) is 2. The molecule has 0 amide bonds. The Morgan fingerprint density at radius 3 is 2.87 bits per heavy atom. The number of likely N-dealkylation sites (N-methyl/N-ethyl adjacent to an activating group) is 1. The zero-order valence-corrected chi connectivity index (χ0v) is 10.3. The molecular weight excluding hydrogens is 190 g/mol. The minimum absolute atomic E-state index is 0.345. The molecule has 0 radical (unpaired) electrons. The molecule has 1 unspecified atom stereocenters. The van der Waals surface area contributed by atoms with E-state index in [4.69, 9.17) is 10.5 Å². The lowest BCUT2D eigenvalue weighted by Crippen LogP contribution is -2.49. The Balaban J connectivity index is 2.29. The number of rotatable bonds is 5. The first-order valence-electron chi connectivity index (χ1n) is 5.87. The van der Waals surface area contributed by atoms with Gasteiger partial charge in [-0.15, -0.1) is 0 Å². The molecule has 0 saturated carbocycles. The molecule has 1 heterocycles. The zero-order chi connectivity index (χ0) is 11.3. The number of nitrogens with two attached hydrogens (primary N) is 1. The Kier molecular flexibility index (Phi) is 5.53. The number of ether oxygens (including phenoxy) is 1. The van der Waals surface area contributed by atoms with Gasteiger partial charge in [0, 0.05) is 38.8 Å². The molecule has 0 aromatic heterocycles. The van der Waals surface area contributed by atoms with E-state index >= 15 is 0 Å². The highest BCUT2D eigenvalue weighted by molar-refractivity contribution is 4.76. The fraction of sp³-hybridized carbons (Fsp3) is 1.00. The minimum atomic E-state index is 0.345. The Bertz CT molecular complexity index is 175. The Labute approximate surface area is 93.4 Å². The van der Waals surface area contributed by atoms with Crippen LogP contribution < -0.4 is 5.73 Å². The van der Waals surface area contributed by atoms with Crippen LogP contribution in [-0.4, -0.2) is 68.3 Å². The minimum Gasteiger partial charge on any atom is -0.374 e. The lowest BCUT2D eigenvalue weighted by atomic mass is 10.2. The summed E-state index contributed by atoms with van der Waals surface area (Å²) < 4.78 is 5.75. The van der Waals surface area contributed by atoms with Gasteiger partial charge in [0.25, 0.3) is 0 Å². The van der Waals surface area contributed by atoms with E-state index in [1.165, 1.54) is 0 Å². The third-order valence-electron chi connectivity index (χ3n) is 2.93. The number of hydrogen-bond acceptors (Lipinski definition) is 4.